The first-order chi connectivity index (χ1) is 14.4. The predicted octanol–water partition coefficient (Wildman–Crippen LogP) is 9.83. The van der Waals surface area contributed by atoms with Crippen molar-refractivity contribution in [2.24, 2.45) is 51.2 Å². The fraction of sp³-hybridized carbons (Fsp3) is 0.935. The molecular weight excluding hydrogens is 372 g/mol. The summed E-state index contributed by atoms with van der Waals surface area (Å²) in [6, 6.07) is 0. The maximum Gasteiger partial charge on any atom is -0.00822 e. The van der Waals surface area contributed by atoms with E-state index < -0.39 is 0 Å². The normalized spacial score (nSPS) is 45.1. The summed E-state index contributed by atoms with van der Waals surface area (Å²) in [7, 11) is 0. The second-order valence-corrected chi connectivity index (χ2v) is 14.6. The van der Waals surface area contributed by atoms with E-state index in [0.717, 1.165) is 29.6 Å². The predicted molar refractivity (Wildman–Crippen MR) is 136 cm³/mol. The Kier molecular flexibility index (Phi) is 6.32. The van der Waals surface area contributed by atoms with Gasteiger partial charge in [-0.15, -0.1) is 0 Å². The molecule has 0 aromatic carbocycles. The molecule has 0 N–H and O–H groups in total. The standard InChI is InChI=1S/C31H54/c1-22(2)11-9-10-12-24-13-14-26-29(24,7)19-17-27-30(8)18-15-23(3)21-25(30)16-20-31(26,27)28(4,5)6/h16,22-24,26-27H,9-15,17-21H2,1-8H3. The number of fused-ring (bicyclic) bond motifs is 5. The number of allylic oxidation sites excluding steroid dienone is 2. The van der Waals surface area contributed by atoms with Gasteiger partial charge in [0.05, 0.1) is 0 Å². The zero-order valence-electron chi connectivity index (χ0n) is 22.4. The Hall–Kier alpha value is -0.260. The van der Waals surface area contributed by atoms with Crippen LogP contribution in [0.25, 0.3) is 0 Å². The van der Waals surface area contributed by atoms with E-state index in [2.05, 4.69) is 61.5 Å². The van der Waals surface area contributed by atoms with Crippen molar-refractivity contribution in [1.29, 1.82) is 0 Å². The van der Waals surface area contributed by atoms with Crippen LogP contribution in [0.5, 0.6) is 0 Å². The van der Waals surface area contributed by atoms with E-state index in [1.807, 2.05) is 5.57 Å². The first-order valence-corrected chi connectivity index (χ1v) is 14.1. The third kappa shape index (κ3) is 3.69. The van der Waals surface area contributed by atoms with E-state index in [1.165, 1.54) is 77.0 Å². The van der Waals surface area contributed by atoms with E-state index >= 15 is 0 Å². The second kappa shape index (κ2) is 8.20. The van der Waals surface area contributed by atoms with Gasteiger partial charge in [0.25, 0.3) is 0 Å². The maximum atomic E-state index is 2.80. The van der Waals surface area contributed by atoms with Gasteiger partial charge in [0.15, 0.2) is 0 Å². The lowest BCUT2D eigenvalue weighted by molar-refractivity contribution is -0.172. The molecule has 0 aromatic heterocycles. The van der Waals surface area contributed by atoms with E-state index in [9.17, 15) is 0 Å². The summed E-state index contributed by atoms with van der Waals surface area (Å²) < 4.78 is 0. The van der Waals surface area contributed by atoms with Crippen LogP contribution in [0, 0.1) is 51.2 Å². The molecule has 3 saturated carbocycles. The molecule has 7 unspecified atom stereocenters. The van der Waals surface area contributed by atoms with E-state index in [1.54, 1.807) is 0 Å². The van der Waals surface area contributed by atoms with Crippen LogP contribution in [0.1, 0.15) is 132 Å². The molecule has 7 atom stereocenters. The highest BCUT2D eigenvalue weighted by Gasteiger charge is 2.68. The molecule has 3 fully saturated rings. The van der Waals surface area contributed by atoms with Gasteiger partial charge in [-0.3, -0.25) is 0 Å². The minimum atomic E-state index is 0.394. The third-order valence-corrected chi connectivity index (χ3v) is 11.6. The molecule has 0 radical (unpaired) electrons. The lowest BCUT2D eigenvalue weighted by atomic mass is 9.36. The summed E-state index contributed by atoms with van der Waals surface area (Å²) in [4.78, 5) is 0. The third-order valence-electron chi connectivity index (χ3n) is 11.6. The highest BCUT2D eigenvalue weighted by Crippen LogP contribution is 2.75. The smallest absolute Gasteiger partial charge is 0.00822 e. The fourth-order valence-corrected chi connectivity index (χ4v) is 9.86. The molecule has 0 heteroatoms. The van der Waals surface area contributed by atoms with Gasteiger partial charge in [-0.1, -0.05) is 86.3 Å². The lowest BCUT2D eigenvalue weighted by Gasteiger charge is -2.68. The summed E-state index contributed by atoms with van der Waals surface area (Å²) in [5.74, 6) is 4.59. The van der Waals surface area contributed by atoms with Crippen LogP contribution in [-0.4, -0.2) is 0 Å². The Morgan fingerprint density at radius 2 is 1.71 bits per heavy atom. The molecule has 0 amide bonds. The SMILES string of the molecule is CC(C)CCCCC1CCC2C1(C)CCC1C3(C)CCC(C)CC3=CCC12C(C)(C)C. The molecule has 0 aromatic rings. The van der Waals surface area contributed by atoms with Gasteiger partial charge >= 0.3 is 0 Å². The first-order valence-electron chi connectivity index (χ1n) is 14.1. The van der Waals surface area contributed by atoms with Crippen molar-refractivity contribution in [2.45, 2.75) is 132 Å². The molecule has 178 valence electrons. The number of rotatable bonds is 5. The van der Waals surface area contributed by atoms with Gasteiger partial charge in [-0.05, 0) is 109 Å². The van der Waals surface area contributed by atoms with Crippen LogP contribution >= 0.6 is 0 Å². The molecule has 0 heterocycles. The molecule has 4 aliphatic carbocycles. The summed E-state index contributed by atoms with van der Waals surface area (Å²) >= 11 is 0. The molecule has 0 bridgehead atoms. The van der Waals surface area contributed by atoms with Gasteiger partial charge in [0, 0.05) is 0 Å². The highest BCUT2D eigenvalue weighted by atomic mass is 14.7. The van der Waals surface area contributed by atoms with Crippen molar-refractivity contribution < 1.29 is 0 Å². The average molecular weight is 427 g/mol. The molecule has 0 saturated heterocycles. The largest absolute Gasteiger partial charge is 0.0842 e. The van der Waals surface area contributed by atoms with Gasteiger partial charge < -0.3 is 0 Å². The van der Waals surface area contributed by atoms with Crippen LogP contribution in [0.4, 0.5) is 0 Å². The van der Waals surface area contributed by atoms with Crippen molar-refractivity contribution in [3.8, 4) is 0 Å². The fourth-order valence-electron chi connectivity index (χ4n) is 9.86. The van der Waals surface area contributed by atoms with Crippen molar-refractivity contribution in [3.63, 3.8) is 0 Å². The lowest BCUT2D eigenvalue weighted by Crippen LogP contribution is -2.61. The minimum absolute atomic E-state index is 0.394. The minimum Gasteiger partial charge on any atom is -0.0842 e. The topological polar surface area (TPSA) is 0 Å². The Morgan fingerprint density at radius 1 is 0.968 bits per heavy atom. The van der Waals surface area contributed by atoms with Crippen LogP contribution < -0.4 is 0 Å². The highest BCUT2D eigenvalue weighted by molar-refractivity contribution is 5.29. The summed E-state index contributed by atoms with van der Waals surface area (Å²) in [5.41, 5.74) is 3.83. The molecule has 0 nitrogen and oxygen atoms in total. The van der Waals surface area contributed by atoms with Crippen molar-refractivity contribution >= 4 is 0 Å². The number of hydrogen-bond acceptors (Lipinski definition) is 0. The molecular formula is C31H54. The summed E-state index contributed by atoms with van der Waals surface area (Å²) in [6.45, 7) is 20.6. The zero-order chi connectivity index (χ0) is 22.7. The Labute approximate surface area is 195 Å². The van der Waals surface area contributed by atoms with Crippen LogP contribution in [-0.2, 0) is 0 Å². The van der Waals surface area contributed by atoms with Crippen molar-refractivity contribution in [2.75, 3.05) is 0 Å². The number of hydrogen-bond donors (Lipinski definition) is 0. The van der Waals surface area contributed by atoms with Gasteiger partial charge in [0.1, 0.15) is 0 Å². The van der Waals surface area contributed by atoms with E-state index in [-0.39, 0.29) is 0 Å². The van der Waals surface area contributed by atoms with Crippen molar-refractivity contribution in [1.82, 2.24) is 0 Å². The van der Waals surface area contributed by atoms with Gasteiger partial charge in [-0.2, -0.15) is 0 Å². The van der Waals surface area contributed by atoms with Crippen LogP contribution in [0.15, 0.2) is 11.6 Å². The zero-order valence-corrected chi connectivity index (χ0v) is 22.4. The Balaban J connectivity index is 1.64. The Morgan fingerprint density at radius 3 is 2.39 bits per heavy atom. The molecule has 0 aliphatic heterocycles. The van der Waals surface area contributed by atoms with Crippen LogP contribution in [0.2, 0.25) is 0 Å². The quantitative estimate of drug-likeness (QED) is 0.303. The average Bonchev–Trinajstić information content (AvgIpc) is 3.01. The summed E-state index contributed by atoms with van der Waals surface area (Å²) in [6.07, 6.45) is 20.3. The second-order valence-electron chi connectivity index (χ2n) is 14.6. The monoisotopic (exact) mass is 426 g/mol. The first kappa shape index (κ1) is 23.9. The van der Waals surface area contributed by atoms with Gasteiger partial charge in [0.2, 0.25) is 0 Å². The molecule has 31 heavy (non-hydrogen) atoms. The van der Waals surface area contributed by atoms with Crippen LogP contribution in [0.3, 0.4) is 0 Å². The molecule has 4 aliphatic rings. The van der Waals surface area contributed by atoms with Crippen molar-refractivity contribution in [3.05, 3.63) is 11.6 Å². The van der Waals surface area contributed by atoms with E-state index in [0.29, 0.717) is 21.7 Å². The van der Waals surface area contributed by atoms with Gasteiger partial charge in [-0.25, -0.2) is 0 Å². The Bertz CT molecular complexity index is 677. The molecule has 4 rings (SSSR count). The van der Waals surface area contributed by atoms with E-state index in [4.69, 9.17) is 0 Å². The maximum absolute atomic E-state index is 2.80. The summed E-state index contributed by atoms with van der Waals surface area (Å²) in [5, 5.41) is 0. The number of unbranched alkanes of at least 4 members (excludes halogenated alkanes) is 1. The molecule has 0 spiro atoms.